The lowest BCUT2D eigenvalue weighted by Gasteiger charge is -2.10. The number of unbranched alkanes of at least 4 members (excludes halogenated alkanes) is 3. The van der Waals surface area contributed by atoms with Crippen molar-refractivity contribution < 1.29 is 42.9 Å². The van der Waals surface area contributed by atoms with Gasteiger partial charge in [-0.1, -0.05) is 31.7 Å². The van der Waals surface area contributed by atoms with Crippen LogP contribution in [0.1, 0.15) is 77.8 Å². The lowest BCUT2D eigenvalue weighted by molar-refractivity contribution is -0.139. The minimum absolute atomic E-state index is 0.285. The van der Waals surface area contributed by atoms with Crippen molar-refractivity contribution in [1.29, 1.82) is 0 Å². The van der Waals surface area contributed by atoms with E-state index in [0.717, 1.165) is 59.8 Å². The summed E-state index contributed by atoms with van der Waals surface area (Å²) in [5.41, 5.74) is 2.57. The fourth-order valence-electron chi connectivity index (χ4n) is 4.77. The van der Waals surface area contributed by atoms with E-state index in [4.69, 9.17) is 23.7 Å². The molecule has 0 spiro atoms. The first-order valence-corrected chi connectivity index (χ1v) is 16.6. The summed E-state index contributed by atoms with van der Waals surface area (Å²) in [4.78, 5) is 48.8. The molecular weight excluding hydrogens is 636 g/mol. The van der Waals surface area contributed by atoms with Crippen LogP contribution >= 0.6 is 0 Å². The van der Waals surface area contributed by atoms with E-state index >= 15 is 0 Å². The Balaban J connectivity index is 1.24. The highest BCUT2D eigenvalue weighted by Crippen LogP contribution is 2.25. The van der Waals surface area contributed by atoms with Gasteiger partial charge in [0.1, 0.15) is 17.2 Å². The van der Waals surface area contributed by atoms with Crippen LogP contribution in [0.25, 0.3) is 16.8 Å². The molecule has 0 amide bonds. The van der Waals surface area contributed by atoms with Crippen molar-refractivity contribution in [2.75, 3.05) is 19.8 Å². The van der Waals surface area contributed by atoms with Gasteiger partial charge >= 0.3 is 23.9 Å². The summed E-state index contributed by atoms with van der Waals surface area (Å²) in [6.45, 7) is 10.3. The van der Waals surface area contributed by atoms with E-state index in [-0.39, 0.29) is 17.3 Å². The Kier molecular flexibility index (Phi) is 13.9. The van der Waals surface area contributed by atoms with Crippen LogP contribution in [-0.2, 0) is 19.1 Å². The molecule has 0 N–H and O–H groups in total. The van der Waals surface area contributed by atoms with Gasteiger partial charge < -0.3 is 23.7 Å². The Morgan fingerprint density at radius 1 is 0.680 bits per heavy atom. The molecule has 0 saturated carbocycles. The summed E-state index contributed by atoms with van der Waals surface area (Å²) in [7, 11) is 0. The molecule has 0 atom stereocenters. The van der Waals surface area contributed by atoms with Gasteiger partial charge in [0.25, 0.3) is 0 Å². The molecule has 9 nitrogen and oxygen atoms in total. The van der Waals surface area contributed by atoms with Crippen LogP contribution in [0.2, 0.25) is 0 Å². The first-order chi connectivity index (χ1) is 24.1. The van der Waals surface area contributed by atoms with Crippen molar-refractivity contribution in [2.24, 2.45) is 0 Å². The molecule has 0 saturated heterocycles. The highest BCUT2D eigenvalue weighted by Gasteiger charge is 2.14. The number of esters is 4. The van der Waals surface area contributed by atoms with Gasteiger partial charge in [0.2, 0.25) is 0 Å². The first-order valence-electron chi connectivity index (χ1n) is 16.6. The number of ether oxygens (including phenoxy) is 5. The summed E-state index contributed by atoms with van der Waals surface area (Å²) in [5.74, 6) is -0.437. The lowest BCUT2D eigenvalue weighted by Crippen LogP contribution is -2.10. The molecule has 0 unspecified atom stereocenters. The molecule has 0 radical (unpaired) electrons. The Bertz CT molecular complexity index is 1850. The summed E-state index contributed by atoms with van der Waals surface area (Å²) in [6, 6.07) is 22.3. The standard InChI is InChI=1S/C41H42O9/c1-5-22-47-38(42)21-11-30-10-20-37(29(4)25-30)50-40(44)31-14-17-35(18-15-31)49-41(45)34-13-12-33-27-36(19-16-32(33)26-34)46-23-8-6-7-9-24-48-39(43)28(2)3/h10-21,25-27H,2,5-9,22-24H2,1,3-4H3/b21-11+. The van der Waals surface area contributed by atoms with Crippen LogP contribution in [0.15, 0.2) is 97.1 Å². The number of carbonyl (C=O) groups is 4. The summed E-state index contributed by atoms with van der Waals surface area (Å²) < 4.78 is 27.2. The average molecular weight is 679 g/mol. The Hall–Kier alpha value is -5.70. The quantitative estimate of drug-likeness (QED) is 0.0469. The van der Waals surface area contributed by atoms with Crippen molar-refractivity contribution >= 4 is 40.7 Å². The van der Waals surface area contributed by atoms with Gasteiger partial charge in [-0.15, -0.1) is 0 Å². The second-order valence-corrected chi connectivity index (χ2v) is 11.7. The molecule has 4 rings (SSSR count). The van der Waals surface area contributed by atoms with Gasteiger partial charge in [0.05, 0.1) is 30.9 Å². The first kappa shape index (κ1) is 37.1. The van der Waals surface area contributed by atoms with Gasteiger partial charge in [-0.3, -0.25) is 0 Å². The summed E-state index contributed by atoms with van der Waals surface area (Å²) >= 11 is 0. The molecule has 50 heavy (non-hydrogen) atoms. The third-order valence-corrected chi connectivity index (χ3v) is 7.50. The highest BCUT2D eigenvalue weighted by atomic mass is 16.5. The topological polar surface area (TPSA) is 114 Å². The number of benzene rings is 4. The van der Waals surface area contributed by atoms with E-state index in [1.54, 1.807) is 50.3 Å². The van der Waals surface area contributed by atoms with Gasteiger partial charge in [-0.05, 0) is 135 Å². The van der Waals surface area contributed by atoms with Crippen LogP contribution in [-0.4, -0.2) is 43.7 Å². The predicted octanol–water partition coefficient (Wildman–Crippen LogP) is 8.61. The molecule has 0 bridgehead atoms. The Morgan fingerprint density at radius 2 is 1.34 bits per heavy atom. The summed E-state index contributed by atoms with van der Waals surface area (Å²) in [6.07, 6.45) is 7.34. The molecule has 0 fully saturated rings. The Labute approximate surface area is 292 Å². The zero-order valence-electron chi connectivity index (χ0n) is 28.7. The van der Waals surface area contributed by atoms with Gasteiger partial charge in [-0.25, -0.2) is 19.2 Å². The fourth-order valence-corrected chi connectivity index (χ4v) is 4.77. The molecule has 0 aliphatic rings. The van der Waals surface area contributed by atoms with Crippen molar-refractivity contribution in [2.45, 2.75) is 52.9 Å². The number of hydrogen-bond donors (Lipinski definition) is 0. The normalized spacial score (nSPS) is 10.9. The third-order valence-electron chi connectivity index (χ3n) is 7.50. The molecule has 0 heterocycles. The molecular formula is C41H42O9. The minimum Gasteiger partial charge on any atom is -0.494 e. The van der Waals surface area contributed by atoms with Crippen molar-refractivity contribution in [3.63, 3.8) is 0 Å². The molecule has 260 valence electrons. The van der Waals surface area contributed by atoms with Crippen molar-refractivity contribution in [3.05, 3.63) is 119 Å². The number of hydrogen-bond acceptors (Lipinski definition) is 9. The van der Waals surface area contributed by atoms with Gasteiger partial charge in [0, 0.05) is 11.6 Å². The lowest BCUT2D eigenvalue weighted by atomic mass is 10.1. The largest absolute Gasteiger partial charge is 0.494 e. The molecule has 0 aromatic heterocycles. The maximum atomic E-state index is 12.9. The van der Waals surface area contributed by atoms with Crippen LogP contribution < -0.4 is 14.2 Å². The average Bonchev–Trinajstić information content (AvgIpc) is 3.11. The molecule has 0 aliphatic carbocycles. The van der Waals surface area contributed by atoms with Crippen molar-refractivity contribution in [1.82, 2.24) is 0 Å². The van der Waals surface area contributed by atoms with E-state index in [2.05, 4.69) is 6.58 Å². The second-order valence-electron chi connectivity index (χ2n) is 11.7. The highest BCUT2D eigenvalue weighted by molar-refractivity contribution is 5.97. The molecule has 4 aromatic rings. The summed E-state index contributed by atoms with van der Waals surface area (Å²) in [5, 5.41) is 1.79. The van der Waals surface area contributed by atoms with Crippen molar-refractivity contribution in [3.8, 4) is 17.2 Å². The molecule has 0 aliphatic heterocycles. The van der Waals surface area contributed by atoms with E-state index in [0.29, 0.717) is 36.7 Å². The predicted molar refractivity (Wildman–Crippen MR) is 192 cm³/mol. The number of fused-ring (bicyclic) bond motifs is 1. The third kappa shape index (κ3) is 11.5. The molecule has 4 aromatic carbocycles. The second kappa shape index (κ2) is 18.7. The number of rotatable bonds is 17. The fraction of sp³-hybridized carbons (Fsp3) is 0.268. The number of aryl methyl sites for hydroxylation is 1. The van der Waals surface area contributed by atoms with Crippen LogP contribution in [0.3, 0.4) is 0 Å². The monoisotopic (exact) mass is 678 g/mol. The van der Waals surface area contributed by atoms with E-state index < -0.39 is 17.9 Å². The SMILES string of the molecule is C=C(C)C(=O)OCCCCCCOc1ccc2cc(C(=O)Oc3ccc(C(=O)Oc4ccc(/C=C/C(=O)OCCC)cc4C)cc3)ccc2c1. The van der Waals surface area contributed by atoms with Crippen LogP contribution in [0.4, 0.5) is 0 Å². The van der Waals surface area contributed by atoms with E-state index in [1.807, 2.05) is 31.2 Å². The van der Waals surface area contributed by atoms with Crippen LogP contribution in [0, 0.1) is 6.92 Å². The number of carbonyl (C=O) groups excluding carboxylic acids is 4. The zero-order valence-corrected chi connectivity index (χ0v) is 28.7. The van der Waals surface area contributed by atoms with Gasteiger partial charge in [0.15, 0.2) is 0 Å². The zero-order chi connectivity index (χ0) is 35.9. The van der Waals surface area contributed by atoms with Gasteiger partial charge in [-0.2, -0.15) is 0 Å². The maximum Gasteiger partial charge on any atom is 0.343 e. The Morgan fingerprint density at radius 3 is 2.06 bits per heavy atom. The smallest absolute Gasteiger partial charge is 0.343 e. The molecule has 9 heteroatoms. The van der Waals surface area contributed by atoms with Crippen LogP contribution in [0.5, 0.6) is 17.2 Å². The minimum atomic E-state index is -0.561. The van der Waals surface area contributed by atoms with E-state index in [9.17, 15) is 19.2 Å². The van der Waals surface area contributed by atoms with E-state index in [1.165, 1.54) is 30.3 Å². The maximum absolute atomic E-state index is 12.9.